The van der Waals surface area contributed by atoms with Crippen LogP contribution in [0.15, 0.2) is 35.3 Å². The summed E-state index contributed by atoms with van der Waals surface area (Å²) in [6.07, 6.45) is 9.71. The highest BCUT2D eigenvalue weighted by molar-refractivity contribution is 8.02. The molecule has 0 bridgehead atoms. The smallest absolute Gasteiger partial charge is 0.00382 e. The van der Waals surface area contributed by atoms with Crippen LogP contribution in [0, 0.1) is 5.41 Å². The monoisotopic (exact) mass is 180 g/mol. The first-order valence-electron chi connectivity index (χ1n) is 4.18. The third kappa shape index (κ3) is 1.84. The summed E-state index contributed by atoms with van der Waals surface area (Å²) in [5.74, 6) is 0. The number of hydrogen-bond donors (Lipinski definition) is 0. The Morgan fingerprint density at radius 2 is 2.17 bits per heavy atom. The Morgan fingerprint density at radius 1 is 1.50 bits per heavy atom. The van der Waals surface area contributed by atoms with Gasteiger partial charge in [-0.2, -0.15) is 0 Å². The van der Waals surface area contributed by atoms with Crippen LogP contribution < -0.4 is 0 Å². The van der Waals surface area contributed by atoms with Crippen LogP contribution >= 0.6 is 11.8 Å². The maximum atomic E-state index is 3.86. The zero-order chi connectivity index (χ0) is 9.19. The normalized spacial score (nSPS) is 17.2. The average molecular weight is 180 g/mol. The Kier molecular flexibility index (Phi) is 2.84. The molecular formula is C11H16S. The molecule has 0 spiro atoms. The van der Waals surface area contributed by atoms with Crippen LogP contribution in [0.4, 0.5) is 0 Å². The van der Waals surface area contributed by atoms with Crippen molar-refractivity contribution in [1.82, 2.24) is 0 Å². The lowest BCUT2D eigenvalue weighted by Gasteiger charge is -2.22. The SMILES string of the molecule is C=CC(C)(C)C1=CC=C(SC)C1. The van der Waals surface area contributed by atoms with Gasteiger partial charge in [-0.3, -0.25) is 0 Å². The van der Waals surface area contributed by atoms with Gasteiger partial charge >= 0.3 is 0 Å². The second kappa shape index (κ2) is 3.53. The maximum Gasteiger partial charge on any atom is 0.00382 e. The van der Waals surface area contributed by atoms with E-state index in [4.69, 9.17) is 0 Å². The van der Waals surface area contributed by atoms with Gasteiger partial charge < -0.3 is 0 Å². The Morgan fingerprint density at radius 3 is 2.58 bits per heavy atom. The molecule has 0 unspecified atom stereocenters. The van der Waals surface area contributed by atoms with Gasteiger partial charge in [0.1, 0.15) is 0 Å². The lowest BCUT2D eigenvalue weighted by Crippen LogP contribution is -2.09. The first kappa shape index (κ1) is 9.66. The summed E-state index contributed by atoms with van der Waals surface area (Å²) < 4.78 is 0. The molecule has 1 heteroatoms. The highest BCUT2D eigenvalue weighted by atomic mass is 32.2. The van der Waals surface area contributed by atoms with Crippen LogP contribution in [0.2, 0.25) is 0 Å². The minimum absolute atomic E-state index is 0.161. The third-order valence-electron chi connectivity index (χ3n) is 2.44. The molecule has 0 N–H and O–H groups in total. The molecule has 0 aromatic heterocycles. The first-order valence-corrected chi connectivity index (χ1v) is 5.40. The Hall–Kier alpha value is -0.430. The van der Waals surface area contributed by atoms with Gasteiger partial charge in [-0.05, 0) is 11.2 Å². The molecule has 0 heterocycles. The average Bonchev–Trinajstić information content (AvgIpc) is 2.52. The van der Waals surface area contributed by atoms with Gasteiger partial charge in [-0.15, -0.1) is 18.3 Å². The van der Waals surface area contributed by atoms with Gasteiger partial charge in [0.15, 0.2) is 0 Å². The van der Waals surface area contributed by atoms with Crippen molar-refractivity contribution in [3.63, 3.8) is 0 Å². The van der Waals surface area contributed by atoms with Crippen molar-refractivity contribution in [2.24, 2.45) is 5.41 Å². The molecule has 0 aromatic rings. The fourth-order valence-electron chi connectivity index (χ4n) is 1.21. The molecule has 1 rings (SSSR count). The molecule has 0 amide bonds. The van der Waals surface area contributed by atoms with Crippen molar-refractivity contribution in [2.75, 3.05) is 6.26 Å². The molecule has 0 atom stereocenters. The first-order chi connectivity index (χ1) is 5.60. The lowest BCUT2D eigenvalue weighted by atomic mass is 9.84. The van der Waals surface area contributed by atoms with Gasteiger partial charge in [-0.25, -0.2) is 0 Å². The fraction of sp³-hybridized carbons (Fsp3) is 0.455. The summed E-state index contributed by atoms with van der Waals surface area (Å²) in [4.78, 5) is 1.46. The van der Waals surface area contributed by atoms with Crippen molar-refractivity contribution < 1.29 is 0 Å². The molecule has 0 saturated carbocycles. The molecule has 0 aliphatic heterocycles. The van der Waals surface area contributed by atoms with Crippen molar-refractivity contribution >= 4 is 11.8 Å². The van der Waals surface area contributed by atoms with Crippen LogP contribution in [0.25, 0.3) is 0 Å². The van der Waals surface area contributed by atoms with Crippen molar-refractivity contribution in [3.05, 3.63) is 35.3 Å². The van der Waals surface area contributed by atoms with E-state index in [1.54, 1.807) is 0 Å². The van der Waals surface area contributed by atoms with E-state index in [0.717, 1.165) is 6.42 Å². The van der Waals surface area contributed by atoms with E-state index in [9.17, 15) is 0 Å². The lowest BCUT2D eigenvalue weighted by molar-refractivity contribution is 0.571. The summed E-state index contributed by atoms with van der Waals surface area (Å²) >= 11 is 1.84. The zero-order valence-electron chi connectivity index (χ0n) is 8.05. The van der Waals surface area contributed by atoms with E-state index in [-0.39, 0.29) is 5.41 Å². The molecule has 0 saturated heterocycles. The predicted octanol–water partition coefficient (Wildman–Crippen LogP) is 3.78. The number of rotatable bonds is 3. The number of hydrogen-bond acceptors (Lipinski definition) is 1. The minimum atomic E-state index is 0.161. The Labute approximate surface area is 79.4 Å². The van der Waals surface area contributed by atoms with Gasteiger partial charge in [-0.1, -0.05) is 37.6 Å². The zero-order valence-corrected chi connectivity index (χ0v) is 8.87. The van der Waals surface area contributed by atoms with Crippen LogP contribution in [-0.2, 0) is 0 Å². The highest BCUT2D eigenvalue weighted by Gasteiger charge is 2.21. The summed E-state index contributed by atoms with van der Waals surface area (Å²) in [7, 11) is 0. The second-order valence-corrected chi connectivity index (χ2v) is 4.56. The van der Waals surface area contributed by atoms with Gasteiger partial charge in [0.25, 0.3) is 0 Å². The molecule has 1 aliphatic rings. The molecular weight excluding hydrogens is 164 g/mol. The van der Waals surface area contributed by atoms with E-state index < -0.39 is 0 Å². The fourth-order valence-corrected chi connectivity index (χ4v) is 1.72. The van der Waals surface area contributed by atoms with Crippen LogP contribution in [0.3, 0.4) is 0 Å². The largest absolute Gasteiger partial charge is 0.134 e. The summed E-state index contributed by atoms with van der Waals surface area (Å²) in [5, 5.41) is 0. The molecule has 0 aromatic carbocycles. The minimum Gasteiger partial charge on any atom is -0.134 e. The quantitative estimate of drug-likeness (QED) is 0.596. The van der Waals surface area contributed by atoms with Gasteiger partial charge in [0, 0.05) is 11.8 Å². The van der Waals surface area contributed by atoms with Crippen LogP contribution in [-0.4, -0.2) is 6.26 Å². The maximum absolute atomic E-state index is 3.86. The van der Waals surface area contributed by atoms with Crippen molar-refractivity contribution in [2.45, 2.75) is 20.3 Å². The Bertz CT molecular complexity index is 244. The third-order valence-corrected chi connectivity index (χ3v) is 3.24. The predicted molar refractivity (Wildman–Crippen MR) is 58.3 cm³/mol. The summed E-state index contributed by atoms with van der Waals surface area (Å²) in [6.45, 7) is 8.28. The van der Waals surface area contributed by atoms with E-state index in [0.29, 0.717) is 0 Å². The van der Waals surface area contributed by atoms with Crippen LogP contribution in [0.1, 0.15) is 20.3 Å². The molecule has 0 fully saturated rings. The highest BCUT2D eigenvalue weighted by Crippen LogP contribution is 2.38. The molecule has 0 radical (unpaired) electrons. The van der Waals surface area contributed by atoms with Crippen molar-refractivity contribution in [3.8, 4) is 0 Å². The van der Waals surface area contributed by atoms with Crippen molar-refractivity contribution in [1.29, 1.82) is 0 Å². The number of thioether (sulfide) groups is 1. The van der Waals surface area contributed by atoms with E-state index in [1.165, 1.54) is 10.5 Å². The second-order valence-electron chi connectivity index (χ2n) is 3.63. The van der Waals surface area contributed by atoms with Gasteiger partial charge in [0.2, 0.25) is 0 Å². The topological polar surface area (TPSA) is 0 Å². The standard InChI is InChI=1S/C11H16S/c1-5-11(2,3)9-6-7-10(8-9)12-4/h5-7H,1,8H2,2-4H3. The van der Waals surface area contributed by atoms with Gasteiger partial charge in [0.05, 0.1) is 0 Å². The molecule has 66 valence electrons. The molecule has 1 aliphatic carbocycles. The van der Waals surface area contributed by atoms with E-state index in [2.05, 4.69) is 38.8 Å². The molecule has 0 nitrogen and oxygen atoms in total. The summed E-state index contributed by atoms with van der Waals surface area (Å²) in [6, 6.07) is 0. The van der Waals surface area contributed by atoms with E-state index >= 15 is 0 Å². The summed E-state index contributed by atoms with van der Waals surface area (Å²) in [5.41, 5.74) is 1.63. The number of allylic oxidation sites excluding steroid dienone is 5. The Balaban J connectivity index is 2.68. The van der Waals surface area contributed by atoms with E-state index in [1.807, 2.05) is 17.8 Å². The molecule has 12 heavy (non-hydrogen) atoms. The van der Waals surface area contributed by atoms with Crippen LogP contribution in [0.5, 0.6) is 0 Å².